The summed E-state index contributed by atoms with van der Waals surface area (Å²) in [6, 6.07) is 15.1. The molecule has 6 nitrogen and oxygen atoms in total. The fraction of sp³-hybridized carbons (Fsp3) is 0.200. The predicted octanol–water partition coefficient (Wildman–Crippen LogP) is 4.30. The maximum Gasteiger partial charge on any atom is 0.248 e. The van der Waals surface area contributed by atoms with Gasteiger partial charge >= 0.3 is 0 Å². The highest BCUT2D eigenvalue weighted by Crippen LogP contribution is 2.51. The molecule has 162 valence electrons. The highest BCUT2D eigenvalue weighted by atomic mass is 19.1. The summed E-state index contributed by atoms with van der Waals surface area (Å²) in [4.78, 5) is 24.5. The Morgan fingerprint density at radius 1 is 0.969 bits per heavy atom. The fourth-order valence-corrected chi connectivity index (χ4v) is 4.09. The van der Waals surface area contributed by atoms with Gasteiger partial charge in [0, 0.05) is 16.8 Å². The third-order valence-corrected chi connectivity index (χ3v) is 6.15. The van der Waals surface area contributed by atoms with Crippen LogP contribution >= 0.6 is 0 Å². The number of rotatable bonds is 5. The first kappa shape index (κ1) is 20.1. The first-order valence-electron chi connectivity index (χ1n) is 10.3. The molecule has 1 aliphatic heterocycles. The van der Waals surface area contributed by atoms with Gasteiger partial charge in [0.25, 0.3) is 0 Å². The van der Waals surface area contributed by atoms with Crippen LogP contribution in [0.1, 0.15) is 34.3 Å². The van der Waals surface area contributed by atoms with Gasteiger partial charge in [-0.15, -0.1) is 0 Å². The van der Waals surface area contributed by atoms with Crippen LogP contribution in [0.15, 0.2) is 54.6 Å². The van der Waals surface area contributed by atoms with E-state index in [-0.39, 0.29) is 18.3 Å². The van der Waals surface area contributed by atoms with Crippen molar-refractivity contribution in [3.8, 4) is 22.6 Å². The van der Waals surface area contributed by atoms with Crippen LogP contribution in [0.25, 0.3) is 11.1 Å². The molecule has 5 rings (SSSR count). The van der Waals surface area contributed by atoms with Crippen LogP contribution in [0.2, 0.25) is 0 Å². The second-order valence-corrected chi connectivity index (χ2v) is 8.19. The summed E-state index contributed by atoms with van der Waals surface area (Å²) in [6.45, 7) is 2.04. The van der Waals surface area contributed by atoms with Crippen LogP contribution in [0.4, 0.5) is 10.1 Å². The summed E-state index contributed by atoms with van der Waals surface area (Å²) in [7, 11) is 0. The van der Waals surface area contributed by atoms with E-state index in [1.54, 1.807) is 12.1 Å². The maximum atomic E-state index is 14.7. The molecular formula is C25H21FN2O4. The molecule has 0 bridgehead atoms. The highest BCUT2D eigenvalue weighted by Gasteiger charge is 2.51. The zero-order valence-electron chi connectivity index (χ0n) is 17.4. The van der Waals surface area contributed by atoms with Crippen LogP contribution in [-0.4, -0.2) is 18.6 Å². The highest BCUT2D eigenvalue weighted by molar-refractivity contribution is 6.02. The number of ether oxygens (including phenoxy) is 2. The lowest BCUT2D eigenvalue weighted by atomic mass is 9.94. The smallest absolute Gasteiger partial charge is 0.248 e. The van der Waals surface area contributed by atoms with Gasteiger partial charge in [0.1, 0.15) is 5.82 Å². The van der Waals surface area contributed by atoms with Crippen LogP contribution in [0.3, 0.4) is 0 Å². The van der Waals surface area contributed by atoms with Gasteiger partial charge in [0.05, 0.1) is 5.41 Å². The Hall–Kier alpha value is -3.87. The Balaban J connectivity index is 1.42. The number of hydrogen-bond donors (Lipinski definition) is 2. The van der Waals surface area contributed by atoms with Gasteiger partial charge in [-0.3, -0.25) is 9.59 Å². The van der Waals surface area contributed by atoms with Gasteiger partial charge in [-0.1, -0.05) is 18.2 Å². The van der Waals surface area contributed by atoms with Crippen molar-refractivity contribution < 1.29 is 23.5 Å². The minimum absolute atomic E-state index is 0.104. The van der Waals surface area contributed by atoms with Crippen molar-refractivity contribution in [2.24, 2.45) is 5.73 Å². The molecule has 1 aliphatic carbocycles. The number of fused-ring (bicyclic) bond motifs is 1. The molecule has 1 heterocycles. The summed E-state index contributed by atoms with van der Waals surface area (Å²) < 4.78 is 25.5. The van der Waals surface area contributed by atoms with Gasteiger partial charge in [-0.25, -0.2) is 4.39 Å². The zero-order chi connectivity index (χ0) is 22.5. The average Bonchev–Trinajstić information content (AvgIpc) is 3.46. The molecule has 0 saturated heterocycles. The van der Waals surface area contributed by atoms with Gasteiger partial charge < -0.3 is 20.5 Å². The molecular weight excluding hydrogens is 411 g/mol. The molecule has 32 heavy (non-hydrogen) atoms. The Bertz CT molecular complexity index is 1270. The van der Waals surface area contributed by atoms with Gasteiger partial charge in [0.2, 0.25) is 18.6 Å². The molecule has 2 amide bonds. The average molecular weight is 432 g/mol. The normalized spacial score (nSPS) is 15.3. The Morgan fingerprint density at radius 3 is 2.47 bits per heavy atom. The number of benzene rings is 3. The number of nitrogens with two attached hydrogens (primary N) is 1. The van der Waals surface area contributed by atoms with E-state index in [1.807, 2.05) is 31.2 Å². The third kappa shape index (κ3) is 3.36. The first-order valence-corrected chi connectivity index (χ1v) is 10.3. The number of nitrogens with one attached hydrogen (secondary N) is 1. The van der Waals surface area contributed by atoms with Crippen LogP contribution in [-0.2, 0) is 10.2 Å². The van der Waals surface area contributed by atoms with Gasteiger partial charge in [-0.05, 0) is 72.9 Å². The Morgan fingerprint density at radius 2 is 1.75 bits per heavy atom. The maximum absolute atomic E-state index is 14.7. The first-order chi connectivity index (χ1) is 15.4. The van der Waals surface area contributed by atoms with E-state index in [4.69, 9.17) is 15.2 Å². The fourth-order valence-electron chi connectivity index (χ4n) is 4.09. The number of carbonyl (C=O) groups excluding carboxylic acids is 2. The molecule has 0 aromatic heterocycles. The molecule has 1 saturated carbocycles. The minimum Gasteiger partial charge on any atom is -0.454 e. The summed E-state index contributed by atoms with van der Waals surface area (Å²) in [5, 5.41) is 2.99. The van der Waals surface area contributed by atoms with E-state index >= 15 is 0 Å². The molecule has 3 aromatic rings. The van der Waals surface area contributed by atoms with E-state index < -0.39 is 17.1 Å². The van der Waals surface area contributed by atoms with E-state index in [2.05, 4.69) is 5.32 Å². The number of amides is 2. The molecule has 2 aliphatic rings. The Labute approximate surface area is 184 Å². The lowest BCUT2D eigenvalue weighted by Gasteiger charge is -2.17. The van der Waals surface area contributed by atoms with Crippen molar-refractivity contribution in [1.82, 2.24) is 0 Å². The third-order valence-electron chi connectivity index (χ3n) is 6.15. The largest absolute Gasteiger partial charge is 0.454 e. The molecule has 0 unspecified atom stereocenters. The molecule has 3 aromatic carbocycles. The van der Waals surface area contributed by atoms with Crippen LogP contribution in [0, 0.1) is 12.7 Å². The van der Waals surface area contributed by atoms with Gasteiger partial charge in [-0.2, -0.15) is 0 Å². The number of primary amides is 1. The van der Waals surface area contributed by atoms with E-state index in [1.165, 1.54) is 12.1 Å². The molecule has 3 N–H and O–H groups in total. The second-order valence-electron chi connectivity index (χ2n) is 8.19. The molecule has 0 spiro atoms. The standard InChI is InChI=1S/C25H21FN2O4/c1-14-2-5-17(12-19(14)18-6-3-15(23(27)29)10-20(18)26)28-24(30)25(8-9-25)16-4-7-21-22(11-16)32-13-31-21/h2-7,10-12H,8-9,13H2,1H3,(H2,27,29)(H,28,30). The van der Waals surface area contributed by atoms with Crippen molar-refractivity contribution in [3.63, 3.8) is 0 Å². The summed E-state index contributed by atoms with van der Waals surface area (Å²) in [5.41, 5.74) is 7.99. The zero-order valence-corrected chi connectivity index (χ0v) is 17.4. The van der Waals surface area contributed by atoms with E-state index in [9.17, 15) is 14.0 Å². The lowest BCUT2D eigenvalue weighted by molar-refractivity contribution is -0.118. The van der Waals surface area contributed by atoms with Crippen molar-refractivity contribution in [3.05, 3.63) is 77.1 Å². The van der Waals surface area contributed by atoms with Crippen molar-refractivity contribution in [1.29, 1.82) is 0 Å². The van der Waals surface area contributed by atoms with Crippen LogP contribution < -0.4 is 20.5 Å². The van der Waals surface area contributed by atoms with Crippen molar-refractivity contribution in [2.45, 2.75) is 25.2 Å². The van der Waals surface area contributed by atoms with E-state index in [0.29, 0.717) is 28.3 Å². The summed E-state index contributed by atoms with van der Waals surface area (Å²) in [5.74, 6) is -0.0272. The summed E-state index contributed by atoms with van der Waals surface area (Å²) >= 11 is 0. The minimum atomic E-state index is -0.688. The lowest BCUT2D eigenvalue weighted by Crippen LogP contribution is -2.27. The SMILES string of the molecule is Cc1ccc(NC(=O)C2(c3ccc4c(c3)OCO4)CC2)cc1-c1ccc(C(N)=O)cc1F. The monoisotopic (exact) mass is 432 g/mol. The molecule has 0 atom stereocenters. The quantitative estimate of drug-likeness (QED) is 0.629. The topological polar surface area (TPSA) is 90.7 Å². The number of aryl methyl sites for hydroxylation is 1. The molecule has 1 fully saturated rings. The Kier molecular flexibility index (Phi) is 4.62. The second kappa shape index (κ2) is 7.37. The van der Waals surface area contributed by atoms with Crippen molar-refractivity contribution in [2.75, 3.05) is 12.1 Å². The summed E-state index contributed by atoms with van der Waals surface area (Å²) in [6.07, 6.45) is 1.47. The van der Waals surface area contributed by atoms with Gasteiger partial charge in [0.15, 0.2) is 11.5 Å². The number of anilines is 1. The number of halogens is 1. The number of hydrogen-bond acceptors (Lipinski definition) is 4. The van der Waals surface area contributed by atoms with E-state index in [0.717, 1.165) is 30.0 Å². The number of carbonyl (C=O) groups is 2. The van der Waals surface area contributed by atoms with Crippen LogP contribution in [0.5, 0.6) is 11.5 Å². The molecule has 0 radical (unpaired) electrons. The predicted molar refractivity (Wildman–Crippen MR) is 117 cm³/mol. The molecule has 7 heteroatoms. The van der Waals surface area contributed by atoms with Crippen molar-refractivity contribution >= 4 is 17.5 Å².